The Morgan fingerprint density at radius 1 is 1.20 bits per heavy atom. The molecular weight excluding hydrogens is 216 g/mol. The molecule has 2 rings (SSSR count). The van der Waals surface area contributed by atoms with Gasteiger partial charge < -0.3 is 5.73 Å². The molecule has 1 aromatic heterocycles. The summed E-state index contributed by atoms with van der Waals surface area (Å²) in [6.45, 7) is 0.418. The van der Waals surface area contributed by atoms with E-state index in [1.807, 2.05) is 0 Å². The van der Waals surface area contributed by atoms with Crippen LogP contribution < -0.4 is 5.73 Å². The van der Waals surface area contributed by atoms with Crippen LogP contribution in [0.5, 0.6) is 0 Å². The van der Waals surface area contributed by atoms with E-state index in [0.29, 0.717) is 12.1 Å². The molecule has 0 aliphatic carbocycles. The van der Waals surface area contributed by atoms with Gasteiger partial charge in [0.05, 0.1) is 0 Å². The first-order valence-electron chi connectivity index (χ1n) is 4.43. The van der Waals surface area contributed by atoms with Crippen molar-refractivity contribution < 1.29 is 8.78 Å². The van der Waals surface area contributed by atoms with E-state index >= 15 is 0 Å². The summed E-state index contributed by atoms with van der Waals surface area (Å²) in [6.07, 6.45) is 0. The second-order valence-corrected chi connectivity index (χ2v) is 4.13. The number of thiophene rings is 1. The monoisotopic (exact) mass is 225 g/mol. The Hall–Kier alpha value is -1.26. The molecule has 4 heteroatoms. The zero-order chi connectivity index (χ0) is 10.8. The molecule has 0 spiro atoms. The highest BCUT2D eigenvalue weighted by atomic mass is 32.1. The van der Waals surface area contributed by atoms with Crippen molar-refractivity contribution in [3.8, 4) is 11.1 Å². The molecule has 0 radical (unpaired) electrons. The fourth-order valence-electron chi connectivity index (χ4n) is 1.35. The fraction of sp³-hybridized carbons (Fsp3) is 0.0909. The van der Waals surface area contributed by atoms with Crippen LogP contribution in [0.25, 0.3) is 11.1 Å². The normalized spacial score (nSPS) is 10.6. The summed E-state index contributed by atoms with van der Waals surface area (Å²) in [5.41, 5.74) is 6.41. The van der Waals surface area contributed by atoms with Crippen LogP contribution >= 0.6 is 11.3 Å². The van der Waals surface area contributed by atoms with Gasteiger partial charge in [-0.15, -0.1) is 11.3 Å². The van der Waals surface area contributed by atoms with Crippen LogP contribution in [0.1, 0.15) is 4.88 Å². The lowest BCUT2D eigenvalue weighted by Gasteiger charge is -1.99. The van der Waals surface area contributed by atoms with Gasteiger partial charge in [0.15, 0.2) is 0 Å². The highest BCUT2D eigenvalue weighted by Gasteiger charge is 2.08. The lowest BCUT2D eigenvalue weighted by atomic mass is 10.1. The van der Waals surface area contributed by atoms with Gasteiger partial charge in [0, 0.05) is 17.0 Å². The van der Waals surface area contributed by atoms with E-state index in [9.17, 15) is 8.78 Å². The fourth-order valence-corrected chi connectivity index (χ4v) is 2.11. The van der Waals surface area contributed by atoms with E-state index < -0.39 is 11.6 Å². The molecule has 2 aromatic rings. The topological polar surface area (TPSA) is 26.0 Å². The molecule has 78 valence electrons. The van der Waals surface area contributed by atoms with E-state index in [-0.39, 0.29) is 5.56 Å². The van der Waals surface area contributed by atoms with Gasteiger partial charge in [0.1, 0.15) is 11.6 Å². The molecule has 1 heterocycles. The van der Waals surface area contributed by atoms with Crippen LogP contribution in [0.2, 0.25) is 0 Å². The average Bonchev–Trinajstić information content (AvgIpc) is 2.70. The zero-order valence-corrected chi connectivity index (χ0v) is 8.65. The van der Waals surface area contributed by atoms with Crippen molar-refractivity contribution in [2.75, 3.05) is 0 Å². The third-order valence-corrected chi connectivity index (χ3v) is 3.05. The molecule has 2 N–H and O–H groups in total. The van der Waals surface area contributed by atoms with E-state index in [1.54, 1.807) is 11.4 Å². The molecule has 0 atom stereocenters. The van der Waals surface area contributed by atoms with E-state index in [1.165, 1.54) is 17.4 Å². The molecule has 0 aliphatic heterocycles. The van der Waals surface area contributed by atoms with Gasteiger partial charge in [-0.3, -0.25) is 0 Å². The minimum atomic E-state index is -0.438. The molecule has 0 unspecified atom stereocenters. The maximum Gasteiger partial charge on any atom is 0.131 e. The summed E-state index contributed by atoms with van der Waals surface area (Å²) in [5.74, 6) is -0.857. The molecule has 0 amide bonds. The molecule has 0 saturated heterocycles. The van der Waals surface area contributed by atoms with E-state index in [0.717, 1.165) is 17.0 Å². The van der Waals surface area contributed by atoms with Gasteiger partial charge in [-0.2, -0.15) is 0 Å². The van der Waals surface area contributed by atoms with Crippen molar-refractivity contribution in [3.05, 3.63) is 46.2 Å². The van der Waals surface area contributed by atoms with Crippen LogP contribution in [0.4, 0.5) is 8.78 Å². The van der Waals surface area contributed by atoms with E-state index in [2.05, 4.69) is 0 Å². The Labute approximate surface area is 90.2 Å². The predicted octanol–water partition coefficient (Wildman–Crippen LogP) is 3.15. The van der Waals surface area contributed by atoms with Crippen molar-refractivity contribution in [2.24, 2.45) is 5.73 Å². The van der Waals surface area contributed by atoms with Crippen LogP contribution in [0.15, 0.2) is 29.6 Å². The largest absolute Gasteiger partial charge is 0.326 e. The molecule has 0 saturated carbocycles. The number of halogens is 2. The average molecular weight is 225 g/mol. The summed E-state index contributed by atoms with van der Waals surface area (Å²) < 4.78 is 26.3. The third kappa shape index (κ3) is 2.06. The SMILES string of the molecule is NCc1cc(-c2cc(F)ccc2F)cs1. The van der Waals surface area contributed by atoms with Gasteiger partial charge >= 0.3 is 0 Å². The second-order valence-electron chi connectivity index (χ2n) is 3.13. The first-order chi connectivity index (χ1) is 7.20. The zero-order valence-electron chi connectivity index (χ0n) is 7.84. The van der Waals surface area contributed by atoms with Gasteiger partial charge in [-0.1, -0.05) is 0 Å². The van der Waals surface area contributed by atoms with Crippen molar-refractivity contribution in [2.45, 2.75) is 6.54 Å². The van der Waals surface area contributed by atoms with Crippen molar-refractivity contribution in [1.82, 2.24) is 0 Å². The summed E-state index contributed by atoms with van der Waals surface area (Å²) >= 11 is 1.44. The smallest absolute Gasteiger partial charge is 0.131 e. The molecular formula is C11H9F2NS. The number of hydrogen-bond donors (Lipinski definition) is 1. The van der Waals surface area contributed by atoms with Gasteiger partial charge in [0.25, 0.3) is 0 Å². The highest BCUT2D eigenvalue weighted by molar-refractivity contribution is 7.10. The molecule has 15 heavy (non-hydrogen) atoms. The first-order valence-corrected chi connectivity index (χ1v) is 5.31. The maximum absolute atomic E-state index is 13.4. The van der Waals surface area contributed by atoms with E-state index in [4.69, 9.17) is 5.73 Å². The van der Waals surface area contributed by atoms with Gasteiger partial charge in [-0.25, -0.2) is 8.78 Å². The summed E-state index contributed by atoms with van der Waals surface area (Å²) in [5, 5.41) is 1.78. The summed E-state index contributed by atoms with van der Waals surface area (Å²) in [4.78, 5) is 0.952. The molecule has 1 aromatic carbocycles. The Balaban J connectivity index is 2.48. The third-order valence-electron chi connectivity index (χ3n) is 2.09. The van der Waals surface area contributed by atoms with Gasteiger partial charge in [-0.05, 0) is 35.2 Å². The predicted molar refractivity (Wildman–Crippen MR) is 57.6 cm³/mol. The Kier molecular flexibility index (Phi) is 2.79. The highest BCUT2D eigenvalue weighted by Crippen LogP contribution is 2.28. The summed E-state index contributed by atoms with van der Waals surface area (Å²) in [6, 6.07) is 5.21. The maximum atomic E-state index is 13.4. The molecule has 1 nitrogen and oxygen atoms in total. The lowest BCUT2D eigenvalue weighted by molar-refractivity contribution is 0.603. The number of nitrogens with two attached hydrogens (primary N) is 1. The standard InChI is InChI=1S/C11H9F2NS/c12-8-1-2-11(13)10(4-8)7-3-9(5-14)15-6-7/h1-4,6H,5,14H2. The Morgan fingerprint density at radius 3 is 2.67 bits per heavy atom. The lowest BCUT2D eigenvalue weighted by Crippen LogP contribution is -1.91. The number of rotatable bonds is 2. The molecule has 0 bridgehead atoms. The first kappa shape index (κ1) is 10.3. The molecule has 0 fully saturated rings. The van der Waals surface area contributed by atoms with Gasteiger partial charge in [0.2, 0.25) is 0 Å². The van der Waals surface area contributed by atoms with Crippen molar-refractivity contribution in [3.63, 3.8) is 0 Å². The quantitative estimate of drug-likeness (QED) is 0.834. The Bertz CT molecular complexity index is 479. The minimum Gasteiger partial charge on any atom is -0.326 e. The van der Waals surface area contributed by atoms with Crippen LogP contribution in [-0.2, 0) is 6.54 Å². The second kappa shape index (κ2) is 4.08. The van der Waals surface area contributed by atoms with Crippen LogP contribution in [0, 0.1) is 11.6 Å². The van der Waals surface area contributed by atoms with Crippen LogP contribution in [0.3, 0.4) is 0 Å². The summed E-state index contributed by atoms with van der Waals surface area (Å²) in [7, 11) is 0. The van der Waals surface area contributed by atoms with Crippen LogP contribution in [-0.4, -0.2) is 0 Å². The number of hydrogen-bond acceptors (Lipinski definition) is 2. The minimum absolute atomic E-state index is 0.283. The Morgan fingerprint density at radius 2 is 2.00 bits per heavy atom. The molecule has 0 aliphatic rings. The van der Waals surface area contributed by atoms with Crippen molar-refractivity contribution in [1.29, 1.82) is 0 Å². The number of benzene rings is 1. The van der Waals surface area contributed by atoms with Crippen molar-refractivity contribution >= 4 is 11.3 Å².